The molecule has 3 atom stereocenters. The maximum Gasteiger partial charge on any atom is 0.244 e. The van der Waals surface area contributed by atoms with E-state index in [9.17, 15) is 8.42 Å². The summed E-state index contributed by atoms with van der Waals surface area (Å²) < 4.78 is 29.6. The number of piperidine rings is 1. The zero-order valence-corrected chi connectivity index (χ0v) is 14.7. The average Bonchev–Trinajstić information content (AvgIpc) is 2.88. The minimum Gasteiger partial charge on any atom is -0.298 e. The van der Waals surface area contributed by atoms with Gasteiger partial charge in [0.1, 0.15) is 4.90 Å². The van der Waals surface area contributed by atoms with Crippen LogP contribution in [-0.4, -0.2) is 42.2 Å². The molecule has 2 fully saturated rings. The van der Waals surface area contributed by atoms with Gasteiger partial charge in [-0.3, -0.25) is 9.58 Å². The molecule has 1 aromatic heterocycles. The van der Waals surface area contributed by atoms with Crippen LogP contribution in [-0.2, 0) is 23.6 Å². The van der Waals surface area contributed by atoms with Crippen molar-refractivity contribution in [3.63, 3.8) is 0 Å². The molecule has 2 aromatic rings. The van der Waals surface area contributed by atoms with Crippen molar-refractivity contribution in [3.8, 4) is 0 Å². The van der Waals surface area contributed by atoms with E-state index in [2.05, 4.69) is 39.0 Å². The molecular formula is C17H22N4O2S. The Bertz CT molecular complexity index is 835. The fourth-order valence-electron chi connectivity index (χ4n) is 3.74. The standard InChI is InChI=1S/C17H22N4O2S/c1-12-16(8-18-20(12)2)24(22,23)19-17-14-10-21(11-15(14)17)9-13-6-4-3-5-7-13/h3-8,14-15,17,19H,9-11H2,1-2H3/t14-,15+,17?. The number of sulfonamides is 1. The maximum absolute atomic E-state index is 12.5. The molecule has 0 spiro atoms. The van der Waals surface area contributed by atoms with Gasteiger partial charge in [-0.2, -0.15) is 5.10 Å². The number of rotatable bonds is 5. The topological polar surface area (TPSA) is 67.2 Å². The molecule has 24 heavy (non-hydrogen) atoms. The average molecular weight is 346 g/mol. The van der Waals surface area contributed by atoms with E-state index < -0.39 is 10.0 Å². The van der Waals surface area contributed by atoms with Crippen molar-refractivity contribution in [1.82, 2.24) is 19.4 Å². The summed E-state index contributed by atoms with van der Waals surface area (Å²) in [5, 5.41) is 4.03. The zero-order chi connectivity index (χ0) is 16.9. The van der Waals surface area contributed by atoms with E-state index in [-0.39, 0.29) is 10.9 Å². The van der Waals surface area contributed by atoms with Crippen LogP contribution in [0.2, 0.25) is 0 Å². The van der Waals surface area contributed by atoms with Crippen LogP contribution in [0.4, 0.5) is 0 Å². The largest absolute Gasteiger partial charge is 0.298 e. The highest BCUT2D eigenvalue weighted by atomic mass is 32.2. The van der Waals surface area contributed by atoms with Crippen LogP contribution in [0.1, 0.15) is 11.3 Å². The van der Waals surface area contributed by atoms with Crippen LogP contribution in [0.25, 0.3) is 0 Å². The molecule has 0 amide bonds. The maximum atomic E-state index is 12.5. The summed E-state index contributed by atoms with van der Waals surface area (Å²) in [7, 11) is -1.73. The van der Waals surface area contributed by atoms with Gasteiger partial charge in [0.2, 0.25) is 10.0 Å². The molecule has 128 valence electrons. The highest BCUT2D eigenvalue weighted by Crippen LogP contribution is 2.46. The molecule has 1 unspecified atom stereocenters. The van der Waals surface area contributed by atoms with Crippen molar-refractivity contribution in [2.75, 3.05) is 13.1 Å². The minimum absolute atomic E-state index is 0.0710. The van der Waals surface area contributed by atoms with Gasteiger partial charge in [0.15, 0.2) is 0 Å². The van der Waals surface area contributed by atoms with Crippen molar-refractivity contribution in [1.29, 1.82) is 0 Å². The second-order valence-corrected chi connectivity index (χ2v) is 8.55. The van der Waals surface area contributed by atoms with Crippen LogP contribution in [0.5, 0.6) is 0 Å². The summed E-state index contributed by atoms with van der Waals surface area (Å²) in [5.41, 5.74) is 1.97. The fraction of sp³-hybridized carbons (Fsp3) is 0.471. The third-order valence-electron chi connectivity index (χ3n) is 5.29. The van der Waals surface area contributed by atoms with Gasteiger partial charge in [-0.25, -0.2) is 13.1 Å². The molecule has 2 heterocycles. The molecule has 1 saturated heterocycles. The van der Waals surface area contributed by atoms with Crippen LogP contribution in [0.15, 0.2) is 41.4 Å². The van der Waals surface area contributed by atoms with Crippen LogP contribution < -0.4 is 4.72 Å². The molecule has 4 rings (SSSR count). The van der Waals surface area contributed by atoms with Gasteiger partial charge < -0.3 is 0 Å². The summed E-state index contributed by atoms with van der Waals surface area (Å²) in [6.45, 7) is 4.63. The lowest BCUT2D eigenvalue weighted by atomic mass is 10.2. The SMILES string of the molecule is Cc1c(S(=O)(=O)NC2[C@H]3CN(Cc4ccccc4)C[C@@H]23)cnn1C. The van der Waals surface area contributed by atoms with E-state index in [1.54, 1.807) is 18.7 Å². The molecule has 1 aliphatic heterocycles. The molecule has 6 nitrogen and oxygen atoms in total. The van der Waals surface area contributed by atoms with Crippen molar-refractivity contribution in [2.24, 2.45) is 18.9 Å². The van der Waals surface area contributed by atoms with Gasteiger partial charge in [0.05, 0.1) is 11.9 Å². The third kappa shape index (κ3) is 2.76. The van der Waals surface area contributed by atoms with E-state index in [0.717, 1.165) is 19.6 Å². The highest BCUT2D eigenvalue weighted by molar-refractivity contribution is 7.89. The second-order valence-electron chi connectivity index (χ2n) is 6.87. The first-order valence-corrected chi connectivity index (χ1v) is 9.71. The van der Waals surface area contributed by atoms with E-state index in [1.807, 2.05) is 6.07 Å². The number of nitrogens with zero attached hydrogens (tertiary/aromatic N) is 3. The van der Waals surface area contributed by atoms with Crippen molar-refractivity contribution in [2.45, 2.75) is 24.4 Å². The number of benzene rings is 1. The first-order chi connectivity index (χ1) is 11.5. The predicted molar refractivity (Wildman–Crippen MR) is 90.8 cm³/mol. The number of aryl methyl sites for hydroxylation is 1. The molecule has 1 aromatic carbocycles. The molecular weight excluding hydrogens is 324 g/mol. The van der Waals surface area contributed by atoms with Gasteiger partial charge in [0, 0.05) is 32.7 Å². The zero-order valence-electron chi connectivity index (χ0n) is 13.9. The lowest BCUT2D eigenvalue weighted by molar-refractivity contribution is 0.287. The molecule has 1 N–H and O–H groups in total. The predicted octanol–water partition coefficient (Wildman–Crippen LogP) is 1.14. The Kier molecular flexibility index (Phi) is 3.74. The van der Waals surface area contributed by atoms with Gasteiger partial charge in [-0.15, -0.1) is 0 Å². The molecule has 1 saturated carbocycles. The highest BCUT2D eigenvalue weighted by Gasteiger charge is 2.57. The van der Waals surface area contributed by atoms with Gasteiger partial charge in [-0.05, 0) is 24.3 Å². The van der Waals surface area contributed by atoms with Crippen molar-refractivity contribution >= 4 is 10.0 Å². The van der Waals surface area contributed by atoms with E-state index in [0.29, 0.717) is 17.5 Å². The van der Waals surface area contributed by atoms with Crippen molar-refractivity contribution < 1.29 is 8.42 Å². The number of likely N-dealkylation sites (tertiary alicyclic amines) is 1. The normalized spacial score (nSPS) is 26.5. The lowest BCUT2D eigenvalue weighted by Gasteiger charge is -2.19. The molecule has 0 radical (unpaired) electrons. The first kappa shape index (κ1) is 15.8. The molecule has 1 aliphatic carbocycles. The van der Waals surface area contributed by atoms with Crippen LogP contribution >= 0.6 is 0 Å². The Morgan fingerprint density at radius 2 is 1.88 bits per heavy atom. The van der Waals surface area contributed by atoms with E-state index in [4.69, 9.17) is 0 Å². The first-order valence-electron chi connectivity index (χ1n) is 8.23. The Labute approximate surface area is 142 Å². The summed E-state index contributed by atoms with van der Waals surface area (Å²) in [6.07, 6.45) is 1.43. The number of nitrogens with one attached hydrogen (secondary N) is 1. The monoisotopic (exact) mass is 346 g/mol. The summed E-state index contributed by atoms with van der Waals surface area (Å²) >= 11 is 0. The number of hydrogen-bond acceptors (Lipinski definition) is 4. The summed E-state index contributed by atoms with van der Waals surface area (Å²) in [4.78, 5) is 2.70. The Morgan fingerprint density at radius 1 is 1.21 bits per heavy atom. The molecule has 7 heteroatoms. The Hall–Kier alpha value is -1.70. The van der Waals surface area contributed by atoms with E-state index >= 15 is 0 Å². The van der Waals surface area contributed by atoms with E-state index in [1.165, 1.54) is 11.8 Å². The number of hydrogen-bond donors (Lipinski definition) is 1. The lowest BCUT2D eigenvalue weighted by Crippen LogP contribution is -2.34. The summed E-state index contributed by atoms with van der Waals surface area (Å²) in [6, 6.07) is 10.5. The molecule has 0 bridgehead atoms. The quantitative estimate of drug-likeness (QED) is 0.882. The van der Waals surface area contributed by atoms with Crippen LogP contribution in [0, 0.1) is 18.8 Å². The van der Waals surface area contributed by atoms with Crippen LogP contribution in [0.3, 0.4) is 0 Å². The minimum atomic E-state index is -3.48. The van der Waals surface area contributed by atoms with Gasteiger partial charge in [0.25, 0.3) is 0 Å². The Balaban J connectivity index is 1.36. The molecule has 2 aliphatic rings. The third-order valence-corrected chi connectivity index (χ3v) is 6.85. The smallest absolute Gasteiger partial charge is 0.244 e. The number of aromatic nitrogens is 2. The van der Waals surface area contributed by atoms with Crippen molar-refractivity contribution in [3.05, 3.63) is 47.8 Å². The summed E-state index contributed by atoms with van der Waals surface area (Å²) in [5.74, 6) is 0.862. The second kappa shape index (κ2) is 5.68. The fourth-order valence-corrected chi connectivity index (χ4v) is 5.29. The number of fused-ring (bicyclic) bond motifs is 1. The van der Waals surface area contributed by atoms with Gasteiger partial charge >= 0.3 is 0 Å². The van der Waals surface area contributed by atoms with Gasteiger partial charge in [-0.1, -0.05) is 30.3 Å². The Morgan fingerprint density at radius 3 is 2.46 bits per heavy atom.